The van der Waals surface area contributed by atoms with E-state index in [4.69, 9.17) is 4.99 Å². The van der Waals surface area contributed by atoms with Gasteiger partial charge in [0.15, 0.2) is 0 Å². The van der Waals surface area contributed by atoms with Crippen LogP contribution in [0.2, 0.25) is 0 Å². The van der Waals surface area contributed by atoms with Crippen LogP contribution in [0.15, 0.2) is 168 Å². The van der Waals surface area contributed by atoms with Gasteiger partial charge < -0.3 is 9.13 Å². The molecule has 54 heavy (non-hydrogen) atoms. The van der Waals surface area contributed by atoms with Crippen molar-refractivity contribution in [2.75, 3.05) is 0 Å². The lowest BCUT2D eigenvalue weighted by molar-refractivity contribution is 0.507. The van der Waals surface area contributed by atoms with Crippen molar-refractivity contribution in [1.82, 2.24) is 9.13 Å². The zero-order valence-electron chi connectivity index (χ0n) is 30.3. The minimum Gasteiger partial charge on any atom is -0.313 e. The maximum Gasteiger partial charge on any atom is 0.0664 e. The maximum absolute atomic E-state index is 5.41. The number of nitrogens with zero attached hydrogens (tertiary/aromatic N) is 3. The number of dihydropyridines is 1. The van der Waals surface area contributed by atoms with Gasteiger partial charge in [0.25, 0.3) is 0 Å². The Hall–Kier alpha value is -6.19. The van der Waals surface area contributed by atoms with Crippen LogP contribution in [-0.4, -0.2) is 20.9 Å². The summed E-state index contributed by atoms with van der Waals surface area (Å²) >= 11 is 0. The number of hydrogen-bond acceptors (Lipinski definition) is 1. The molecule has 0 saturated heterocycles. The van der Waals surface area contributed by atoms with Crippen molar-refractivity contribution in [3.63, 3.8) is 0 Å². The molecular weight excluding hydrogens is 655 g/mol. The van der Waals surface area contributed by atoms with Gasteiger partial charge in [0, 0.05) is 50.5 Å². The molecule has 0 saturated carbocycles. The molecule has 2 aromatic heterocycles. The predicted molar refractivity (Wildman–Crippen MR) is 229 cm³/mol. The van der Waals surface area contributed by atoms with Crippen LogP contribution in [0.4, 0.5) is 0 Å². The van der Waals surface area contributed by atoms with Gasteiger partial charge in [-0.15, -0.1) is 0 Å². The van der Waals surface area contributed by atoms with E-state index >= 15 is 0 Å². The smallest absolute Gasteiger partial charge is 0.0664 e. The van der Waals surface area contributed by atoms with Crippen molar-refractivity contribution in [2.24, 2.45) is 10.9 Å². The number of benzene rings is 5. The van der Waals surface area contributed by atoms with Gasteiger partial charge in [-0.3, -0.25) is 4.99 Å². The molecule has 5 aromatic carbocycles. The molecule has 11 rings (SSSR count). The Morgan fingerprint density at radius 1 is 0.593 bits per heavy atom. The predicted octanol–water partition coefficient (Wildman–Crippen LogP) is 11.3. The van der Waals surface area contributed by atoms with Gasteiger partial charge in [-0.2, -0.15) is 0 Å². The maximum atomic E-state index is 5.41. The zero-order valence-corrected chi connectivity index (χ0v) is 30.3. The first kappa shape index (κ1) is 31.3. The lowest BCUT2D eigenvalue weighted by Gasteiger charge is -2.29. The number of allylic oxidation sites excluding steroid dienone is 8. The highest BCUT2D eigenvalue weighted by atomic mass is 15.0. The summed E-state index contributed by atoms with van der Waals surface area (Å²) in [5.41, 5.74) is 12.6. The normalized spacial score (nSPS) is 19.6. The van der Waals surface area contributed by atoms with Gasteiger partial charge in [0.05, 0.1) is 33.8 Å². The first-order chi connectivity index (χ1) is 26.8. The SMILES string of the molecule is C1=CCC(C2CC(n3c4ccccc4c4cc(-c5ccc6c(c5)c5ccccc5n6C5=c6ccccc6=CCC5)ccc43)=CC(C3=CCCC=C3)=N2)C=C1. The number of hydrogen-bond donors (Lipinski definition) is 0. The number of para-hydroxylation sites is 2. The van der Waals surface area contributed by atoms with Gasteiger partial charge in [-0.1, -0.05) is 121 Å². The average Bonchev–Trinajstić information content (AvgIpc) is 3.76. The van der Waals surface area contributed by atoms with E-state index in [1.54, 1.807) is 0 Å². The minimum atomic E-state index is 0.195. The highest BCUT2D eigenvalue weighted by molar-refractivity contribution is 6.17. The Labute approximate surface area is 315 Å². The van der Waals surface area contributed by atoms with Crippen LogP contribution in [0.25, 0.3) is 72.2 Å². The lowest BCUT2D eigenvalue weighted by atomic mass is 9.87. The fourth-order valence-electron chi connectivity index (χ4n) is 9.52. The number of fused-ring (bicyclic) bond motifs is 7. The average molecular weight is 696 g/mol. The van der Waals surface area contributed by atoms with E-state index in [0.717, 1.165) is 44.2 Å². The van der Waals surface area contributed by atoms with Crippen LogP contribution >= 0.6 is 0 Å². The molecule has 2 atom stereocenters. The molecule has 0 fully saturated rings. The van der Waals surface area contributed by atoms with Gasteiger partial charge in [-0.25, -0.2) is 0 Å². The fourth-order valence-corrected chi connectivity index (χ4v) is 9.52. The third kappa shape index (κ3) is 5.06. The molecule has 3 nitrogen and oxygen atoms in total. The summed E-state index contributed by atoms with van der Waals surface area (Å²) in [5, 5.41) is 7.85. The zero-order chi connectivity index (χ0) is 35.6. The van der Waals surface area contributed by atoms with Crippen molar-refractivity contribution in [2.45, 2.75) is 44.6 Å². The van der Waals surface area contributed by atoms with Crippen LogP contribution in [0.1, 0.15) is 38.5 Å². The van der Waals surface area contributed by atoms with Crippen molar-refractivity contribution in [3.05, 3.63) is 174 Å². The van der Waals surface area contributed by atoms with E-state index in [2.05, 4.69) is 173 Å². The second kappa shape index (κ2) is 12.7. The Morgan fingerprint density at radius 2 is 1.30 bits per heavy atom. The first-order valence-electron chi connectivity index (χ1n) is 19.6. The van der Waals surface area contributed by atoms with Crippen LogP contribution in [0.3, 0.4) is 0 Å². The van der Waals surface area contributed by atoms with Crippen molar-refractivity contribution in [1.29, 1.82) is 0 Å². The topological polar surface area (TPSA) is 22.2 Å². The van der Waals surface area contributed by atoms with E-state index in [0.29, 0.717) is 5.92 Å². The van der Waals surface area contributed by atoms with Crippen LogP contribution in [0.5, 0.6) is 0 Å². The van der Waals surface area contributed by atoms with E-state index in [1.807, 2.05) is 0 Å². The van der Waals surface area contributed by atoms with Crippen LogP contribution < -0.4 is 10.4 Å². The Balaban J connectivity index is 1.06. The molecule has 0 radical (unpaired) electrons. The summed E-state index contributed by atoms with van der Waals surface area (Å²) in [7, 11) is 0. The highest BCUT2D eigenvalue weighted by Gasteiger charge is 2.27. The fraction of sp³-hybridized carbons (Fsp3) is 0.157. The van der Waals surface area contributed by atoms with Crippen molar-refractivity contribution in [3.8, 4) is 11.1 Å². The molecule has 3 heteroatoms. The standard InChI is InChI=1S/C51H41N3/c1-3-15-35(16-4-1)45-32-39(33-46(52-45)36-17-5-2-6-18-36)53-48-23-11-9-21-41(48)43-30-37(26-28-50(43)53)38-27-29-51-44(31-38)42-22-10-12-24-49(42)54(51)47-25-13-19-34-14-7-8-20-40(34)47/h1,3-5,7-12,14-15,17-24,26-31,33,35,45H,2,6,13,16,25,32H2. The third-order valence-electron chi connectivity index (χ3n) is 12.1. The molecule has 260 valence electrons. The number of rotatable bonds is 5. The van der Waals surface area contributed by atoms with Gasteiger partial charge >= 0.3 is 0 Å². The van der Waals surface area contributed by atoms with E-state index < -0.39 is 0 Å². The Morgan fingerprint density at radius 3 is 2.04 bits per heavy atom. The molecular formula is C51H41N3. The van der Waals surface area contributed by atoms with E-state index in [-0.39, 0.29) is 6.04 Å². The molecule has 0 amide bonds. The quantitative estimate of drug-likeness (QED) is 0.171. The summed E-state index contributed by atoms with van der Waals surface area (Å²) in [4.78, 5) is 5.41. The molecule has 7 aromatic rings. The van der Waals surface area contributed by atoms with Crippen molar-refractivity contribution < 1.29 is 0 Å². The van der Waals surface area contributed by atoms with Gasteiger partial charge in [-0.05, 0) is 96.5 Å². The highest BCUT2D eigenvalue weighted by Crippen LogP contribution is 2.40. The van der Waals surface area contributed by atoms with E-state index in [9.17, 15) is 0 Å². The minimum absolute atomic E-state index is 0.195. The Bertz CT molecular complexity index is 3010. The summed E-state index contributed by atoms with van der Waals surface area (Å²) in [6, 6.07) is 41.1. The molecule has 0 bridgehead atoms. The van der Waals surface area contributed by atoms with Crippen LogP contribution in [-0.2, 0) is 0 Å². The van der Waals surface area contributed by atoms with Crippen molar-refractivity contribution >= 4 is 66.8 Å². The molecule has 1 aliphatic heterocycles. The molecule has 3 aliphatic carbocycles. The molecule has 0 spiro atoms. The second-order valence-corrected chi connectivity index (χ2v) is 15.2. The summed E-state index contributed by atoms with van der Waals surface area (Å²) < 4.78 is 5.05. The summed E-state index contributed by atoms with van der Waals surface area (Å²) in [5.74, 6) is 0.395. The molecule has 3 heterocycles. The summed E-state index contributed by atoms with van der Waals surface area (Å²) in [6.07, 6.45) is 26.9. The van der Waals surface area contributed by atoms with Crippen LogP contribution in [0, 0.1) is 5.92 Å². The largest absolute Gasteiger partial charge is 0.313 e. The molecule has 0 N–H and O–H groups in total. The molecule has 2 unspecified atom stereocenters. The lowest BCUT2D eigenvalue weighted by Crippen LogP contribution is -2.31. The molecule has 4 aliphatic rings. The summed E-state index contributed by atoms with van der Waals surface area (Å²) in [6.45, 7) is 0. The number of aromatic nitrogens is 2. The monoisotopic (exact) mass is 695 g/mol. The second-order valence-electron chi connectivity index (χ2n) is 15.2. The third-order valence-corrected chi connectivity index (χ3v) is 12.1. The van der Waals surface area contributed by atoms with Gasteiger partial charge in [0.2, 0.25) is 0 Å². The van der Waals surface area contributed by atoms with Gasteiger partial charge in [0.1, 0.15) is 0 Å². The van der Waals surface area contributed by atoms with E-state index in [1.165, 1.54) is 82.1 Å². The Kier molecular flexibility index (Phi) is 7.40. The number of aliphatic imine (C=N–C) groups is 1. The first-order valence-corrected chi connectivity index (χ1v) is 19.6.